The number of phenols is 1. The number of rotatable bonds is 3. The average Bonchev–Trinajstić information content (AvgIpc) is 3.35. The second-order valence-electron chi connectivity index (χ2n) is 12.5. The first kappa shape index (κ1) is 26.1. The third kappa shape index (κ3) is 3.55. The molecule has 0 bridgehead atoms. The van der Waals surface area contributed by atoms with Crippen molar-refractivity contribution in [2.75, 3.05) is 4.90 Å². The van der Waals surface area contributed by atoms with Gasteiger partial charge in [0.1, 0.15) is 0 Å². The highest BCUT2D eigenvalue weighted by Gasteiger charge is 2.68. The largest absolute Gasteiger partial charge is 0.505 e. The third-order valence-corrected chi connectivity index (χ3v) is 10.6. The Morgan fingerprint density at radius 2 is 1.61 bits per heavy atom. The lowest BCUT2D eigenvalue weighted by atomic mass is 9.51. The summed E-state index contributed by atoms with van der Waals surface area (Å²) < 4.78 is 14.8. The molecule has 3 aliphatic carbocycles. The molecule has 2 aromatic rings. The summed E-state index contributed by atoms with van der Waals surface area (Å²) in [4.78, 5) is 58.9. The SMILES string of the molecule is CC12C(=O)N(c3ccccc3)C(=O)C1CC1C(=CCC3C(=O)N(C4CCCCC4)C(=O)C31)C2c1cccc(F)c1O. The lowest BCUT2D eigenvalue weighted by molar-refractivity contribution is -0.144. The minimum atomic E-state index is -1.32. The van der Waals surface area contributed by atoms with Crippen molar-refractivity contribution in [1.82, 2.24) is 4.90 Å². The number of fused-ring (bicyclic) bond motifs is 4. The van der Waals surface area contributed by atoms with Crippen molar-refractivity contribution >= 4 is 29.3 Å². The maximum atomic E-state index is 14.8. The van der Waals surface area contributed by atoms with E-state index in [-0.39, 0.29) is 35.7 Å². The third-order valence-electron chi connectivity index (χ3n) is 10.6. The molecule has 0 spiro atoms. The fraction of sp³-hybridized carbons (Fsp3) is 0.455. The van der Waals surface area contributed by atoms with Crippen molar-refractivity contribution in [1.29, 1.82) is 0 Å². The number of aromatic hydroxyl groups is 1. The fourth-order valence-corrected chi connectivity index (χ4v) is 8.67. The van der Waals surface area contributed by atoms with Crippen LogP contribution in [-0.4, -0.2) is 39.7 Å². The fourth-order valence-electron chi connectivity index (χ4n) is 8.67. The van der Waals surface area contributed by atoms with E-state index in [4.69, 9.17) is 0 Å². The number of nitrogens with zero attached hydrogens (tertiary/aromatic N) is 2. The number of hydrogen-bond acceptors (Lipinski definition) is 5. The Labute approximate surface area is 238 Å². The maximum absolute atomic E-state index is 14.8. The summed E-state index contributed by atoms with van der Waals surface area (Å²) in [6.07, 6.45) is 7.18. The van der Waals surface area contributed by atoms with Gasteiger partial charge in [0.25, 0.3) is 0 Å². The predicted octanol–water partition coefficient (Wildman–Crippen LogP) is 5.09. The van der Waals surface area contributed by atoms with Crippen LogP contribution in [0.1, 0.15) is 63.4 Å². The summed E-state index contributed by atoms with van der Waals surface area (Å²) in [7, 11) is 0. The molecular formula is C33H33FN2O5. The monoisotopic (exact) mass is 556 g/mol. The highest BCUT2D eigenvalue weighted by molar-refractivity contribution is 6.24. The normalized spacial score (nSPS) is 33.5. The first-order valence-corrected chi connectivity index (χ1v) is 14.7. The highest BCUT2D eigenvalue weighted by Crippen LogP contribution is 2.64. The van der Waals surface area contributed by atoms with E-state index in [1.54, 1.807) is 43.3 Å². The zero-order valence-electron chi connectivity index (χ0n) is 23.0. The predicted molar refractivity (Wildman–Crippen MR) is 148 cm³/mol. The van der Waals surface area contributed by atoms with Crippen molar-refractivity contribution < 1.29 is 28.7 Å². The second kappa shape index (κ2) is 9.36. The number of hydrogen-bond donors (Lipinski definition) is 1. The van der Waals surface area contributed by atoms with Gasteiger partial charge in [0.15, 0.2) is 11.6 Å². The van der Waals surface area contributed by atoms with Gasteiger partial charge in [-0.05, 0) is 56.7 Å². The minimum absolute atomic E-state index is 0.0991. The number of phenolic OH excluding ortho intramolecular Hbond substituents is 1. The molecule has 1 N–H and O–H groups in total. The van der Waals surface area contributed by atoms with Gasteiger partial charge in [-0.2, -0.15) is 0 Å². The number of imide groups is 2. The Hall–Kier alpha value is -3.81. The number of carbonyl (C=O) groups excluding carboxylic acids is 4. The van der Waals surface area contributed by atoms with Gasteiger partial charge in [-0.25, -0.2) is 9.29 Å². The first-order valence-electron chi connectivity index (χ1n) is 14.7. The Kier molecular flexibility index (Phi) is 5.96. The van der Waals surface area contributed by atoms with Crippen LogP contribution in [-0.2, 0) is 19.2 Å². The van der Waals surface area contributed by atoms with Crippen LogP contribution < -0.4 is 4.90 Å². The van der Waals surface area contributed by atoms with Crippen molar-refractivity contribution in [2.45, 2.75) is 63.8 Å². The van der Waals surface area contributed by atoms with Gasteiger partial charge in [-0.15, -0.1) is 0 Å². The molecule has 41 heavy (non-hydrogen) atoms. The number of benzene rings is 2. The number of anilines is 1. The summed E-state index contributed by atoms with van der Waals surface area (Å²) in [6.45, 7) is 1.73. The molecule has 2 saturated heterocycles. The molecule has 5 aliphatic rings. The van der Waals surface area contributed by atoms with Gasteiger partial charge >= 0.3 is 0 Å². The van der Waals surface area contributed by atoms with Crippen molar-refractivity contribution in [2.24, 2.45) is 29.1 Å². The molecule has 0 aromatic heterocycles. The summed E-state index contributed by atoms with van der Waals surface area (Å²) >= 11 is 0. The van der Waals surface area contributed by atoms with E-state index in [1.165, 1.54) is 15.9 Å². The standard InChI is InChI=1S/C33H33FN2O5/c1-33-24(30(39)36(32(33)41)19-11-6-3-7-12-19)17-23-20(27(33)22-13-8-14-25(34)28(22)37)15-16-21-26(23)31(40)35(29(21)38)18-9-4-2-5-10-18/h3,6-8,11-15,18,21,23-24,26-27,37H,2,4-5,9-10,16-17H2,1H3. The molecule has 2 aromatic carbocycles. The maximum Gasteiger partial charge on any atom is 0.241 e. The summed E-state index contributed by atoms with van der Waals surface area (Å²) in [5, 5.41) is 11.0. The second-order valence-corrected chi connectivity index (χ2v) is 12.5. The molecule has 212 valence electrons. The van der Waals surface area contributed by atoms with Crippen LogP contribution in [0.3, 0.4) is 0 Å². The van der Waals surface area contributed by atoms with Gasteiger partial charge in [-0.3, -0.25) is 24.1 Å². The Bertz CT molecular complexity index is 1500. The van der Waals surface area contributed by atoms with E-state index >= 15 is 0 Å². The topological polar surface area (TPSA) is 95.0 Å². The van der Waals surface area contributed by atoms with Crippen molar-refractivity contribution in [3.63, 3.8) is 0 Å². The Morgan fingerprint density at radius 3 is 2.34 bits per heavy atom. The Balaban J connectivity index is 1.37. The van der Waals surface area contributed by atoms with Crippen LogP contribution in [0.5, 0.6) is 5.75 Å². The van der Waals surface area contributed by atoms with Crippen LogP contribution in [0.2, 0.25) is 0 Å². The van der Waals surface area contributed by atoms with Gasteiger partial charge in [0.05, 0.1) is 28.9 Å². The van der Waals surface area contributed by atoms with Crippen LogP contribution in [0, 0.1) is 34.9 Å². The molecule has 2 heterocycles. The van der Waals surface area contributed by atoms with Crippen LogP contribution in [0.15, 0.2) is 60.2 Å². The van der Waals surface area contributed by atoms with Gasteiger partial charge < -0.3 is 5.11 Å². The molecule has 8 heteroatoms. The first-order chi connectivity index (χ1) is 19.7. The molecule has 2 aliphatic heterocycles. The van der Waals surface area contributed by atoms with Gasteiger partial charge in [0.2, 0.25) is 23.6 Å². The summed E-state index contributed by atoms with van der Waals surface area (Å²) in [5.41, 5.74) is 0.102. The van der Waals surface area contributed by atoms with Crippen molar-refractivity contribution in [3.05, 3.63) is 71.6 Å². The molecule has 2 saturated carbocycles. The molecule has 4 fully saturated rings. The smallest absolute Gasteiger partial charge is 0.241 e. The molecular weight excluding hydrogens is 523 g/mol. The lowest BCUT2D eigenvalue weighted by Crippen LogP contribution is -2.49. The van der Waals surface area contributed by atoms with Crippen LogP contribution >= 0.6 is 0 Å². The van der Waals surface area contributed by atoms with Crippen molar-refractivity contribution in [3.8, 4) is 5.75 Å². The van der Waals surface area contributed by atoms with E-state index in [0.29, 0.717) is 12.1 Å². The van der Waals surface area contributed by atoms with Crippen LogP contribution in [0.4, 0.5) is 10.1 Å². The summed E-state index contributed by atoms with van der Waals surface area (Å²) in [5.74, 6) is -5.75. The molecule has 6 atom stereocenters. The van der Waals surface area contributed by atoms with Gasteiger partial charge in [0, 0.05) is 17.5 Å². The molecule has 7 nitrogen and oxygen atoms in total. The molecule has 4 amide bonds. The molecule has 0 radical (unpaired) electrons. The van der Waals surface area contributed by atoms with E-state index in [9.17, 15) is 28.7 Å². The number of halogens is 1. The van der Waals surface area contributed by atoms with Crippen LogP contribution in [0.25, 0.3) is 0 Å². The number of allylic oxidation sites excluding steroid dienone is 2. The zero-order valence-corrected chi connectivity index (χ0v) is 23.0. The van der Waals surface area contributed by atoms with E-state index in [1.807, 2.05) is 6.08 Å². The quantitative estimate of drug-likeness (QED) is 0.420. The lowest BCUT2D eigenvalue weighted by Gasteiger charge is -2.49. The average molecular weight is 557 g/mol. The minimum Gasteiger partial charge on any atom is -0.505 e. The van der Waals surface area contributed by atoms with E-state index < -0.39 is 52.5 Å². The molecule has 7 rings (SSSR count). The number of likely N-dealkylation sites (tertiary alicyclic amines) is 1. The zero-order chi connectivity index (χ0) is 28.6. The highest BCUT2D eigenvalue weighted by atomic mass is 19.1. The summed E-state index contributed by atoms with van der Waals surface area (Å²) in [6, 6.07) is 12.9. The number of carbonyl (C=O) groups is 4. The number of amides is 4. The van der Waals surface area contributed by atoms with Gasteiger partial charge in [-0.1, -0.05) is 61.2 Å². The van der Waals surface area contributed by atoms with E-state index in [0.717, 1.165) is 43.7 Å². The number of para-hydroxylation sites is 2. The van der Waals surface area contributed by atoms with E-state index in [2.05, 4.69) is 0 Å². The molecule has 6 unspecified atom stereocenters. The Morgan fingerprint density at radius 1 is 0.878 bits per heavy atom.